The third kappa shape index (κ3) is 20.2. The molecule has 0 atom stereocenters. The van der Waals surface area contributed by atoms with Gasteiger partial charge in [0.1, 0.15) is 0 Å². The molecule has 0 unspecified atom stereocenters. The third-order valence-corrected chi connectivity index (χ3v) is 3.53. The summed E-state index contributed by atoms with van der Waals surface area (Å²) in [4.78, 5) is 10.2. The minimum absolute atomic E-state index is 0.545. The van der Waals surface area contributed by atoms with Gasteiger partial charge >= 0.3 is 6.09 Å². The standard InChI is InChI=1S/C21H35NO2/c1-2-3-4-5-6-7-8-9-10-11-12-13-14-15-16-17-18-19-20-22-21(23)24/h6-7,9-10,12-13,15-16,22H,2-5,8,11,14,17-20H2,1H3,(H,23,24). The molecule has 3 heteroatoms. The van der Waals surface area contributed by atoms with E-state index in [-0.39, 0.29) is 0 Å². The highest BCUT2D eigenvalue weighted by Gasteiger charge is 1.91. The van der Waals surface area contributed by atoms with Crippen molar-refractivity contribution in [1.82, 2.24) is 5.32 Å². The van der Waals surface area contributed by atoms with Gasteiger partial charge in [0.15, 0.2) is 0 Å². The molecular weight excluding hydrogens is 298 g/mol. The molecule has 0 radical (unpaired) electrons. The van der Waals surface area contributed by atoms with Crippen LogP contribution in [0.2, 0.25) is 0 Å². The number of carbonyl (C=O) groups is 1. The molecule has 1 amide bonds. The molecule has 0 bridgehead atoms. The van der Waals surface area contributed by atoms with Crippen molar-refractivity contribution in [2.75, 3.05) is 6.54 Å². The summed E-state index contributed by atoms with van der Waals surface area (Å²) in [5.74, 6) is 0. The Balaban J connectivity index is 3.37. The Bertz CT molecular complexity index is 395. The number of hydrogen-bond donors (Lipinski definition) is 2. The van der Waals surface area contributed by atoms with E-state index in [0.717, 1.165) is 38.5 Å². The van der Waals surface area contributed by atoms with Gasteiger partial charge in [0.25, 0.3) is 0 Å². The van der Waals surface area contributed by atoms with E-state index in [2.05, 4.69) is 60.8 Å². The fourth-order valence-electron chi connectivity index (χ4n) is 2.14. The topological polar surface area (TPSA) is 49.3 Å². The first kappa shape index (κ1) is 22.2. The van der Waals surface area contributed by atoms with Gasteiger partial charge in [-0.1, -0.05) is 68.4 Å². The van der Waals surface area contributed by atoms with E-state index in [4.69, 9.17) is 5.11 Å². The van der Waals surface area contributed by atoms with E-state index >= 15 is 0 Å². The molecule has 0 aromatic rings. The molecule has 24 heavy (non-hydrogen) atoms. The van der Waals surface area contributed by atoms with Crippen molar-refractivity contribution >= 4 is 6.09 Å². The van der Waals surface area contributed by atoms with Crippen LogP contribution in [0.3, 0.4) is 0 Å². The fourth-order valence-corrected chi connectivity index (χ4v) is 2.14. The summed E-state index contributed by atoms with van der Waals surface area (Å²) in [6.07, 6.45) is 27.9. The van der Waals surface area contributed by atoms with Crippen molar-refractivity contribution in [3.05, 3.63) is 48.6 Å². The molecule has 0 aromatic heterocycles. The van der Waals surface area contributed by atoms with Crippen LogP contribution in [0.15, 0.2) is 48.6 Å². The summed E-state index contributed by atoms with van der Waals surface area (Å²) in [5, 5.41) is 10.8. The monoisotopic (exact) mass is 333 g/mol. The lowest BCUT2D eigenvalue weighted by atomic mass is 10.2. The van der Waals surface area contributed by atoms with E-state index < -0.39 is 6.09 Å². The maximum atomic E-state index is 10.2. The van der Waals surface area contributed by atoms with Crippen LogP contribution in [0.4, 0.5) is 4.79 Å². The first-order chi connectivity index (χ1) is 11.8. The summed E-state index contributed by atoms with van der Waals surface area (Å²) < 4.78 is 0. The Morgan fingerprint density at radius 2 is 1.21 bits per heavy atom. The molecule has 0 aliphatic heterocycles. The zero-order valence-electron chi connectivity index (χ0n) is 15.3. The van der Waals surface area contributed by atoms with Gasteiger partial charge in [0.05, 0.1) is 0 Å². The molecule has 0 saturated carbocycles. The van der Waals surface area contributed by atoms with E-state index in [1.54, 1.807) is 0 Å². The molecule has 0 aliphatic carbocycles. The molecule has 136 valence electrons. The van der Waals surface area contributed by atoms with Gasteiger partial charge in [-0.25, -0.2) is 4.79 Å². The predicted molar refractivity (Wildman–Crippen MR) is 104 cm³/mol. The van der Waals surface area contributed by atoms with Gasteiger partial charge in [-0.05, 0) is 51.4 Å². The van der Waals surface area contributed by atoms with E-state index in [1.807, 2.05) is 0 Å². The maximum absolute atomic E-state index is 10.2. The normalized spacial score (nSPS) is 12.2. The quantitative estimate of drug-likeness (QED) is 0.269. The van der Waals surface area contributed by atoms with Gasteiger partial charge in [0, 0.05) is 6.54 Å². The minimum atomic E-state index is -0.937. The van der Waals surface area contributed by atoms with Gasteiger partial charge in [0.2, 0.25) is 0 Å². The predicted octanol–water partition coefficient (Wildman–Crippen LogP) is 6.40. The smallest absolute Gasteiger partial charge is 0.404 e. The number of amides is 1. The molecule has 0 aromatic carbocycles. The molecular formula is C21H35NO2. The van der Waals surface area contributed by atoms with Crippen LogP contribution in [0, 0.1) is 0 Å². The Kier molecular flexibility index (Phi) is 17.9. The van der Waals surface area contributed by atoms with Crippen LogP contribution < -0.4 is 5.32 Å². The van der Waals surface area contributed by atoms with E-state index in [9.17, 15) is 4.79 Å². The highest BCUT2D eigenvalue weighted by molar-refractivity contribution is 5.64. The first-order valence-electron chi connectivity index (χ1n) is 9.34. The molecule has 2 N–H and O–H groups in total. The Hall–Kier alpha value is -1.77. The average Bonchev–Trinajstić information content (AvgIpc) is 2.56. The third-order valence-electron chi connectivity index (χ3n) is 3.53. The fraction of sp³-hybridized carbons (Fsp3) is 0.571. The van der Waals surface area contributed by atoms with Crippen molar-refractivity contribution in [1.29, 1.82) is 0 Å². The second-order valence-electron chi connectivity index (χ2n) is 5.82. The molecule has 0 saturated heterocycles. The lowest BCUT2D eigenvalue weighted by Crippen LogP contribution is -2.21. The number of rotatable bonds is 15. The summed E-state index contributed by atoms with van der Waals surface area (Å²) >= 11 is 0. The highest BCUT2D eigenvalue weighted by atomic mass is 16.4. The second kappa shape index (κ2) is 19.3. The van der Waals surface area contributed by atoms with Crippen molar-refractivity contribution in [3.8, 4) is 0 Å². The Morgan fingerprint density at radius 3 is 1.67 bits per heavy atom. The molecule has 0 spiro atoms. The van der Waals surface area contributed by atoms with Crippen LogP contribution >= 0.6 is 0 Å². The summed E-state index contributed by atoms with van der Waals surface area (Å²) in [6.45, 7) is 2.78. The van der Waals surface area contributed by atoms with E-state index in [1.165, 1.54) is 25.7 Å². The Labute approximate surface area is 148 Å². The number of allylic oxidation sites excluding steroid dienone is 8. The average molecular weight is 334 g/mol. The van der Waals surface area contributed by atoms with Crippen molar-refractivity contribution in [2.45, 2.75) is 71.1 Å². The molecule has 0 aliphatic rings. The number of hydrogen-bond acceptors (Lipinski definition) is 1. The summed E-state index contributed by atoms with van der Waals surface area (Å²) in [5.41, 5.74) is 0. The lowest BCUT2D eigenvalue weighted by Gasteiger charge is -1.98. The first-order valence-corrected chi connectivity index (χ1v) is 9.34. The van der Waals surface area contributed by atoms with Crippen LogP contribution in [-0.4, -0.2) is 17.7 Å². The number of carboxylic acid groups (broad SMARTS) is 1. The number of nitrogens with one attached hydrogen (secondary N) is 1. The summed E-state index contributed by atoms with van der Waals surface area (Å²) in [7, 11) is 0. The van der Waals surface area contributed by atoms with Crippen molar-refractivity contribution in [3.63, 3.8) is 0 Å². The van der Waals surface area contributed by atoms with Gasteiger partial charge < -0.3 is 10.4 Å². The van der Waals surface area contributed by atoms with Crippen LogP contribution in [0.5, 0.6) is 0 Å². The number of unbranched alkanes of at least 4 members (excludes halogenated alkanes) is 5. The molecule has 0 rings (SSSR count). The van der Waals surface area contributed by atoms with Gasteiger partial charge in [-0.3, -0.25) is 0 Å². The van der Waals surface area contributed by atoms with Crippen molar-refractivity contribution in [2.24, 2.45) is 0 Å². The second-order valence-corrected chi connectivity index (χ2v) is 5.82. The highest BCUT2D eigenvalue weighted by Crippen LogP contribution is 2.01. The van der Waals surface area contributed by atoms with Gasteiger partial charge in [-0.15, -0.1) is 0 Å². The van der Waals surface area contributed by atoms with Gasteiger partial charge in [-0.2, -0.15) is 0 Å². The van der Waals surface area contributed by atoms with Crippen LogP contribution in [-0.2, 0) is 0 Å². The molecule has 3 nitrogen and oxygen atoms in total. The SMILES string of the molecule is CCCCCC=CCC=CCC=CCC=CCCCCNC(=O)O. The Morgan fingerprint density at radius 1 is 0.750 bits per heavy atom. The zero-order valence-corrected chi connectivity index (χ0v) is 15.3. The lowest BCUT2D eigenvalue weighted by molar-refractivity contribution is 0.194. The largest absolute Gasteiger partial charge is 0.465 e. The van der Waals surface area contributed by atoms with Crippen LogP contribution in [0.1, 0.15) is 71.1 Å². The zero-order chi connectivity index (χ0) is 17.7. The van der Waals surface area contributed by atoms with Crippen LogP contribution in [0.25, 0.3) is 0 Å². The van der Waals surface area contributed by atoms with E-state index in [0.29, 0.717) is 6.54 Å². The molecule has 0 heterocycles. The van der Waals surface area contributed by atoms with Crippen molar-refractivity contribution < 1.29 is 9.90 Å². The molecule has 0 fully saturated rings. The maximum Gasteiger partial charge on any atom is 0.404 e. The minimum Gasteiger partial charge on any atom is -0.465 e. The summed E-state index contributed by atoms with van der Waals surface area (Å²) in [6, 6.07) is 0.